The largest absolute Gasteiger partial charge is 0.365 e. The Hall–Kier alpha value is -1.43. The van der Waals surface area contributed by atoms with Gasteiger partial charge >= 0.3 is 0 Å². The molecule has 0 radical (unpaired) electrons. The maximum atomic E-state index is 6.52. The van der Waals surface area contributed by atoms with E-state index in [1.165, 1.54) is 0 Å². The van der Waals surface area contributed by atoms with Gasteiger partial charge in [-0.2, -0.15) is 0 Å². The van der Waals surface area contributed by atoms with Crippen LogP contribution in [0.3, 0.4) is 0 Å². The highest BCUT2D eigenvalue weighted by Gasteiger charge is 2.21. The molecule has 0 saturated carbocycles. The molecule has 1 atom stereocenters. The molecule has 3 aromatic carbocycles. The van der Waals surface area contributed by atoms with Gasteiger partial charge in [0.25, 0.3) is 0 Å². The van der Waals surface area contributed by atoms with E-state index in [2.05, 4.69) is 0 Å². The number of halogens is 6. The average Bonchev–Trinajstić information content (AvgIpc) is 3.22. The van der Waals surface area contributed by atoms with Crippen LogP contribution in [0, 0.1) is 0 Å². The first kappa shape index (κ1) is 25.7. The first-order valence-electron chi connectivity index (χ1n) is 10.3. The third-order valence-corrected chi connectivity index (χ3v) is 7.15. The Labute approximate surface area is 228 Å². The SMILES string of the molecule is Clc1ccc(C[n+]2ccn(CC(OCc3c(Cl)cccc3Cl)c3ccc(Cl)cc3Cl)c2)c(Cl)c1. The Morgan fingerprint density at radius 1 is 0.794 bits per heavy atom. The molecule has 0 amide bonds. The molecule has 0 saturated heterocycles. The van der Waals surface area contributed by atoms with Crippen LogP contribution in [-0.2, 0) is 24.4 Å². The first-order valence-corrected chi connectivity index (χ1v) is 12.5. The number of aromatic nitrogens is 2. The lowest BCUT2D eigenvalue weighted by Crippen LogP contribution is -2.32. The second kappa shape index (κ2) is 11.5. The van der Waals surface area contributed by atoms with Crippen molar-refractivity contribution in [1.29, 1.82) is 0 Å². The van der Waals surface area contributed by atoms with Crippen molar-refractivity contribution in [1.82, 2.24) is 4.57 Å². The predicted molar refractivity (Wildman–Crippen MR) is 141 cm³/mol. The summed E-state index contributed by atoms with van der Waals surface area (Å²) in [5.41, 5.74) is 2.51. The van der Waals surface area contributed by atoms with Gasteiger partial charge < -0.3 is 4.74 Å². The molecule has 1 heterocycles. The molecule has 4 rings (SSSR count). The first-order chi connectivity index (χ1) is 16.3. The smallest absolute Gasteiger partial charge is 0.244 e. The minimum atomic E-state index is -0.378. The van der Waals surface area contributed by atoms with Gasteiger partial charge in [-0.05, 0) is 36.4 Å². The summed E-state index contributed by atoms with van der Waals surface area (Å²) in [5.74, 6) is 0. The summed E-state index contributed by atoms with van der Waals surface area (Å²) in [4.78, 5) is 0. The molecule has 0 aliphatic carbocycles. The van der Waals surface area contributed by atoms with E-state index in [4.69, 9.17) is 74.3 Å². The van der Waals surface area contributed by atoms with Gasteiger partial charge in [-0.3, -0.25) is 0 Å². The predicted octanol–water partition coefficient (Wildman–Crippen LogP) is 8.70. The van der Waals surface area contributed by atoms with Gasteiger partial charge in [0, 0.05) is 46.8 Å². The number of rotatable bonds is 8. The van der Waals surface area contributed by atoms with Crippen LogP contribution in [0.2, 0.25) is 30.1 Å². The van der Waals surface area contributed by atoms with E-state index in [0.29, 0.717) is 43.2 Å². The van der Waals surface area contributed by atoms with Crippen molar-refractivity contribution in [3.8, 4) is 0 Å². The summed E-state index contributed by atoms with van der Waals surface area (Å²) >= 11 is 37.7. The Bertz CT molecular complexity index is 1290. The van der Waals surface area contributed by atoms with Gasteiger partial charge in [0.05, 0.1) is 6.61 Å². The Morgan fingerprint density at radius 3 is 2.15 bits per heavy atom. The highest BCUT2D eigenvalue weighted by atomic mass is 35.5. The van der Waals surface area contributed by atoms with Crippen molar-refractivity contribution in [3.05, 3.63) is 120 Å². The molecule has 176 valence electrons. The van der Waals surface area contributed by atoms with E-state index in [-0.39, 0.29) is 12.7 Å². The second-order valence-electron chi connectivity index (χ2n) is 7.68. The number of hydrogen-bond donors (Lipinski definition) is 0. The average molecular weight is 576 g/mol. The Kier molecular flexibility index (Phi) is 8.71. The molecule has 0 spiro atoms. The quantitative estimate of drug-likeness (QED) is 0.192. The van der Waals surface area contributed by atoms with Gasteiger partial charge in [0.2, 0.25) is 6.33 Å². The molecule has 0 fully saturated rings. The molecule has 1 unspecified atom stereocenters. The topological polar surface area (TPSA) is 18.0 Å². The summed E-state index contributed by atoms with van der Waals surface area (Å²) in [5, 5.41) is 3.41. The molecule has 0 aliphatic rings. The number of nitrogens with zero attached hydrogens (tertiary/aromatic N) is 2. The summed E-state index contributed by atoms with van der Waals surface area (Å²) < 4.78 is 10.3. The van der Waals surface area contributed by atoms with Crippen LogP contribution in [0.1, 0.15) is 22.8 Å². The van der Waals surface area contributed by atoms with Gasteiger partial charge in [-0.1, -0.05) is 87.8 Å². The minimum absolute atomic E-state index is 0.226. The van der Waals surface area contributed by atoms with Crippen molar-refractivity contribution in [3.63, 3.8) is 0 Å². The van der Waals surface area contributed by atoms with Gasteiger partial charge in [-0.15, -0.1) is 0 Å². The molecule has 0 aliphatic heterocycles. The zero-order valence-electron chi connectivity index (χ0n) is 17.7. The van der Waals surface area contributed by atoms with E-state index >= 15 is 0 Å². The minimum Gasteiger partial charge on any atom is -0.365 e. The molecule has 4 aromatic rings. The van der Waals surface area contributed by atoms with Crippen LogP contribution in [0.5, 0.6) is 0 Å². The molecule has 1 aromatic heterocycles. The summed E-state index contributed by atoms with van der Waals surface area (Å²) in [6.07, 6.45) is 5.54. The fraction of sp³-hybridized carbons (Fsp3) is 0.160. The summed E-state index contributed by atoms with van der Waals surface area (Å²) in [6.45, 7) is 1.33. The number of hydrogen-bond acceptors (Lipinski definition) is 1. The third kappa shape index (κ3) is 6.41. The van der Waals surface area contributed by atoms with Crippen molar-refractivity contribution in [2.45, 2.75) is 25.8 Å². The lowest BCUT2D eigenvalue weighted by molar-refractivity contribution is -0.687. The van der Waals surface area contributed by atoms with Crippen LogP contribution in [-0.4, -0.2) is 4.57 Å². The van der Waals surface area contributed by atoms with E-state index < -0.39 is 0 Å². The van der Waals surface area contributed by atoms with Crippen molar-refractivity contribution >= 4 is 69.6 Å². The maximum absolute atomic E-state index is 6.52. The molecule has 34 heavy (non-hydrogen) atoms. The van der Waals surface area contributed by atoms with Gasteiger partial charge in [0.1, 0.15) is 31.6 Å². The van der Waals surface area contributed by atoms with Crippen LogP contribution < -0.4 is 4.57 Å². The van der Waals surface area contributed by atoms with Gasteiger partial charge in [-0.25, -0.2) is 9.13 Å². The van der Waals surface area contributed by atoms with Crippen LogP contribution in [0.15, 0.2) is 73.3 Å². The molecular weight excluding hydrogens is 557 g/mol. The fourth-order valence-electron chi connectivity index (χ4n) is 3.54. The molecular formula is C25H19Cl6N2O+. The number of benzene rings is 3. The van der Waals surface area contributed by atoms with Crippen LogP contribution >= 0.6 is 69.6 Å². The third-order valence-electron chi connectivity index (χ3n) is 5.29. The zero-order chi connectivity index (χ0) is 24.2. The standard InChI is InChI=1S/C25H19Cl6N2O/c26-17-5-4-16(23(30)10-17)12-32-8-9-33(15-32)13-25(19-7-6-18(27)11-24(19)31)34-14-20-21(28)2-1-3-22(20)29/h1-11,15,25H,12-14H2/q+1. The lowest BCUT2D eigenvalue weighted by atomic mass is 10.1. The zero-order valence-corrected chi connectivity index (χ0v) is 22.2. The summed E-state index contributed by atoms with van der Waals surface area (Å²) in [7, 11) is 0. The van der Waals surface area contributed by atoms with Gasteiger partial charge in [0.15, 0.2) is 0 Å². The van der Waals surface area contributed by atoms with Crippen LogP contribution in [0.4, 0.5) is 0 Å². The monoisotopic (exact) mass is 573 g/mol. The van der Waals surface area contributed by atoms with E-state index in [0.717, 1.165) is 16.7 Å². The molecule has 0 bridgehead atoms. The summed E-state index contributed by atoms with van der Waals surface area (Å²) in [6, 6.07) is 16.2. The number of imidazole rings is 1. The van der Waals surface area contributed by atoms with E-state index in [1.807, 2.05) is 46.1 Å². The fourth-order valence-corrected chi connectivity index (χ4v) is 5.04. The van der Waals surface area contributed by atoms with Crippen LogP contribution in [0.25, 0.3) is 0 Å². The van der Waals surface area contributed by atoms with Crippen molar-refractivity contribution < 1.29 is 9.30 Å². The molecule has 9 heteroatoms. The maximum Gasteiger partial charge on any atom is 0.244 e. The Morgan fingerprint density at radius 2 is 1.47 bits per heavy atom. The normalized spacial score (nSPS) is 12.2. The van der Waals surface area contributed by atoms with Crippen molar-refractivity contribution in [2.24, 2.45) is 0 Å². The second-order valence-corrected chi connectivity index (χ2v) is 10.2. The highest BCUT2D eigenvalue weighted by Crippen LogP contribution is 2.32. The lowest BCUT2D eigenvalue weighted by Gasteiger charge is -2.19. The highest BCUT2D eigenvalue weighted by molar-refractivity contribution is 6.36. The molecule has 3 nitrogen and oxygen atoms in total. The van der Waals surface area contributed by atoms with E-state index in [1.54, 1.807) is 36.4 Å². The van der Waals surface area contributed by atoms with E-state index in [9.17, 15) is 0 Å². The van der Waals surface area contributed by atoms with Crippen molar-refractivity contribution in [2.75, 3.05) is 0 Å². The molecule has 0 N–H and O–H groups in total. The Balaban J connectivity index is 1.56. The number of ether oxygens (including phenoxy) is 1.